The van der Waals surface area contributed by atoms with E-state index >= 15 is 0 Å². The highest BCUT2D eigenvalue weighted by Crippen LogP contribution is 2.38. The first-order valence-electron chi connectivity index (χ1n) is 7.15. The minimum atomic E-state index is -4.12. The SMILES string of the molecule is COc1cc(F)c(S(=O)(=O)N2CCOc3ccccc32)cc1OC. The molecule has 3 rings (SSSR count). The van der Waals surface area contributed by atoms with E-state index in [2.05, 4.69) is 0 Å². The highest BCUT2D eigenvalue weighted by Gasteiger charge is 2.33. The average Bonchev–Trinajstić information content (AvgIpc) is 2.60. The van der Waals surface area contributed by atoms with Crippen molar-refractivity contribution < 1.29 is 27.0 Å². The van der Waals surface area contributed by atoms with E-state index in [1.54, 1.807) is 24.3 Å². The highest BCUT2D eigenvalue weighted by atomic mass is 32.2. The van der Waals surface area contributed by atoms with Gasteiger partial charge >= 0.3 is 0 Å². The van der Waals surface area contributed by atoms with E-state index in [1.165, 1.54) is 14.2 Å². The molecule has 0 aliphatic carbocycles. The standard InChI is InChI=1S/C16H16FNO5S/c1-21-14-9-11(17)16(10-15(14)22-2)24(19,20)18-7-8-23-13-6-4-3-5-12(13)18/h3-6,9-10H,7-8H2,1-2H3. The smallest absolute Gasteiger partial charge is 0.267 e. The van der Waals surface area contributed by atoms with Crippen LogP contribution >= 0.6 is 0 Å². The fourth-order valence-corrected chi connectivity index (χ4v) is 4.07. The summed E-state index contributed by atoms with van der Waals surface area (Å²) in [4.78, 5) is -0.475. The number of hydrogen-bond donors (Lipinski definition) is 0. The van der Waals surface area contributed by atoms with Gasteiger partial charge in [0, 0.05) is 12.1 Å². The lowest BCUT2D eigenvalue weighted by atomic mass is 10.2. The third-order valence-electron chi connectivity index (χ3n) is 3.69. The molecule has 0 N–H and O–H groups in total. The van der Waals surface area contributed by atoms with Crippen LogP contribution in [0.15, 0.2) is 41.3 Å². The normalized spacial score (nSPS) is 13.9. The summed E-state index contributed by atoms with van der Waals surface area (Å²) in [5, 5.41) is 0. The van der Waals surface area contributed by atoms with E-state index in [0.717, 1.165) is 16.4 Å². The third kappa shape index (κ3) is 2.62. The van der Waals surface area contributed by atoms with Gasteiger partial charge in [-0.3, -0.25) is 4.31 Å². The maximum absolute atomic E-state index is 14.4. The topological polar surface area (TPSA) is 65.1 Å². The summed E-state index contributed by atoms with van der Waals surface area (Å²) in [5.74, 6) is -0.208. The number of hydrogen-bond acceptors (Lipinski definition) is 5. The van der Waals surface area contributed by atoms with Crippen molar-refractivity contribution in [3.8, 4) is 17.2 Å². The number of sulfonamides is 1. The van der Waals surface area contributed by atoms with Crippen LogP contribution in [0.5, 0.6) is 17.2 Å². The monoisotopic (exact) mass is 353 g/mol. The first-order chi connectivity index (χ1) is 11.5. The van der Waals surface area contributed by atoms with Crippen LogP contribution in [0.25, 0.3) is 0 Å². The van der Waals surface area contributed by atoms with Crippen molar-refractivity contribution in [2.45, 2.75) is 4.90 Å². The molecule has 128 valence electrons. The molecule has 0 radical (unpaired) electrons. The Bertz CT molecular complexity index is 869. The van der Waals surface area contributed by atoms with Crippen molar-refractivity contribution in [3.63, 3.8) is 0 Å². The van der Waals surface area contributed by atoms with Gasteiger partial charge in [-0.05, 0) is 12.1 Å². The van der Waals surface area contributed by atoms with E-state index in [9.17, 15) is 12.8 Å². The van der Waals surface area contributed by atoms with E-state index in [1.807, 2.05) is 0 Å². The van der Waals surface area contributed by atoms with Gasteiger partial charge in [-0.1, -0.05) is 12.1 Å². The molecule has 0 atom stereocenters. The van der Waals surface area contributed by atoms with Gasteiger partial charge in [-0.15, -0.1) is 0 Å². The van der Waals surface area contributed by atoms with Crippen LogP contribution in [0.3, 0.4) is 0 Å². The van der Waals surface area contributed by atoms with Crippen molar-refractivity contribution in [2.75, 3.05) is 31.7 Å². The van der Waals surface area contributed by atoms with Gasteiger partial charge in [-0.25, -0.2) is 12.8 Å². The first kappa shape index (κ1) is 16.4. The fraction of sp³-hybridized carbons (Fsp3) is 0.250. The lowest BCUT2D eigenvalue weighted by molar-refractivity contribution is 0.315. The van der Waals surface area contributed by atoms with Crippen LogP contribution in [-0.4, -0.2) is 35.8 Å². The molecule has 0 amide bonds. The lowest BCUT2D eigenvalue weighted by Crippen LogP contribution is -2.38. The molecular weight excluding hydrogens is 337 g/mol. The molecule has 0 bridgehead atoms. The molecule has 0 aromatic heterocycles. The maximum atomic E-state index is 14.4. The minimum Gasteiger partial charge on any atom is -0.493 e. The van der Waals surface area contributed by atoms with Crippen LogP contribution in [0.2, 0.25) is 0 Å². The molecule has 24 heavy (non-hydrogen) atoms. The summed E-state index contributed by atoms with van der Waals surface area (Å²) in [6, 6.07) is 8.85. The molecule has 1 heterocycles. The predicted octanol–water partition coefficient (Wildman–Crippen LogP) is 2.43. The second-order valence-electron chi connectivity index (χ2n) is 5.03. The van der Waals surface area contributed by atoms with Gasteiger partial charge in [0.2, 0.25) is 0 Å². The second-order valence-corrected chi connectivity index (χ2v) is 6.86. The molecule has 0 spiro atoms. The zero-order valence-electron chi connectivity index (χ0n) is 13.2. The van der Waals surface area contributed by atoms with Crippen LogP contribution < -0.4 is 18.5 Å². The van der Waals surface area contributed by atoms with Gasteiger partial charge in [0.05, 0.1) is 26.5 Å². The zero-order valence-corrected chi connectivity index (χ0v) is 14.0. The molecule has 0 unspecified atom stereocenters. The quantitative estimate of drug-likeness (QED) is 0.845. The summed E-state index contributed by atoms with van der Waals surface area (Å²) in [6.07, 6.45) is 0. The Kier molecular flexibility index (Phi) is 4.23. The predicted molar refractivity (Wildman–Crippen MR) is 86.0 cm³/mol. The van der Waals surface area contributed by atoms with Crippen LogP contribution in [0, 0.1) is 5.82 Å². The van der Waals surface area contributed by atoms with Gasteiger partial charge in [0.15, 0.2) is 11.5 Å². The Morgan fingerprint density at radius 2 is 1.79 bits per heavy atom. The lowest BCUT2D eigenvalue weighted by Gasteiger charge is -2.30. The van der Waals surface area contributed by atoms with E-state index in [4.69, 9.17) is 14.2 Å². The van der Waals surface area contributed by atoms with Crippen molar-refractivity contribution >= 4 is 15.7 Å². The Hall–Kier alpha value is -2.48. The first-order valence-corrected chi connectivity index (χ1v) is 8.59. The van der Waals surface area contributed by atoms with Crippen molar-refractivity contribution in [1.82, 2.24) is 0 Å². The molecule has 0 saturated heterocycles. The molecule has 0 saturated carbocycles. The molecule has 0 fully saturated rings. The molecule has 1 aliphatic heterocycles. The van der Waals surface area contributed by atoms with E-state index in [0.29, 0.717) is 11.4 Å². The average molecular weight is 353 g/mol. The number of rotatable bonds is 4. The number of nitrogens with zero attached hydrogens (tertiary/aromatic N) is 1. The number of fused-ring (bicyclic) bond motifs is 1. The van der Waals surface area contributed by atoms with Crippen LogP contribution in [0.4, 0.5) is 10.1 Å². The summed E-state index contributed by atoms with van der Waals surface area (Å²) in [6.45, 7) is 0.276. The number of para-hydroxylation sites is 2. The fourth-order valence-electron chi connectivity index (χ4n) is 2.55. The Morgan fingerprint density at radius 3 is 2.50 bits per heavy atom. The number of methoxy groups -OCH3 is 2. The highest BCUT2D eigenvalue weighted by molar-refractivity contribution is 7.92. The van der Waals surface area contributed by atoms with Gasteiger partial charge in [0.1, 0.15) is 23.1 Å². The number of ether oxygens (including phenoxy) is 3. The Balaban J connectivity index is 2.13. The van der Waals surface area contributed by atoms with E-state index in [-0.39, 0.29) is 24.7 Å². The van der Waals surface area contributed by atoms with Crippen LogP contribution in [-0.2, 0) is 10.0 Å². The maximum Gasteiger partial charge on any atom is 0.267 e. The minimum absolute atomic E-state index is 0.0904. The second kappa shape index (κ2) is 6.20. The summed E-state index contributed by atoms with van der Waals surface area (Å²) in [7, 11) is -1.41. The van der Waals surface area contributed by atoms with Gasteiger partial charge in [-0.2, -0.15) is 0 Å². The Morgan fingerprint density at radius 1 is 1.12 bits per heavy atom. The number of halogens is 1. The molecule has 8 heteroatoms. The largest absolute Gasteiger partial charge is 0.493 e. The van der Waals surface area contributed by atoms with Gasteiger partial charge in [0.25, 0.3) is 10.0 Å². The zero-order chi connectivity index (χ0) is 17.3. The Labute approximate surface area is 139 Å². The van der Waals surface area contributed by atoms with Gasteiger partial charge < -0.3 is 14.2 Å². The summed E-state index contributed by atoms with van der Waals surface area (Å²) >= 11 is 0. The molecule has 2 aromatic carbocycles. The number of benzene rings is 2. The van der Waals surface area contributed by atoms with Crippen LogP contribution in [0.1, 0.15) is 0 Å². The van der Waals surface area contributed by atoms with E-state index < -0.39 is 20.7 Å². The number of anilines is 1. The molecule has 2 aromatic rings. The third-order valence-corrected chi connectivity index (χ3v) is 5.52. The summed E-state index contributed by atoms with van der Waals surface area (Å²) < 4.78 is 57.0. The summed E-state index contributed by atoms with van der Waals surface area (Å²) in [5.41, 5.74) is 0.373. The molecular formula is C16H16FNO5S. The molecule has 1 aliphatic rings. The van der Waals surface area contributed by atoms with Crippen molar-refractivity contribution in [3.05, 3.63) is 42.2 Å². The van der Waals surface area contributed by atoms with Crippen molar-refractivity contribution in [2.24, 2.45) is 0 Å². The van der Waals surface area contributed by atoms with Crippen molar-refractivity contribution in [1.29, 1.82) is 0 Å². The molecule has 6 nitrogen and oxygen atoms in total.